The quantitative estimate of drug-likeness (QED) is 0.0708. The molecular weight excluding hydrogens is 909 g/mol. The number of nitrogens with zero attached hydrogens (tertiary/aromatic N) is 5. The zero-order chi connectivity index (χ0) is 50.1. The number of nitrogens with one attached hydrogen (secondary N) is 3. The van der Waals surface area contributed by atoms with E-state index in [1.165, 1.54) is 4.90 Å². The van der Waals surface area contributed by atoms with Crippen molar-refractivity contribution in [3.63, 3.8) is 0 Å². The van der Waals surface area contributed by atoms with Crippen molar-refractivity contribution in [3.8, 4) is 10.4 Å². The number of piperazine rings is 1. The third kappa shape index (κ3) is 10.2. The molecule has 2 aromatic heterocycles. The maximum absolute atomic E-state index is 14.1. The number of H-pyrrole nitrogens is 1. The first kappa shape index (κ1) is 50.0. The number of β-amino-alcohol motifs (C(OH)–C–C–N with tert-alkyl or cyclic N) is 1. The van der Waals surface area contributed by atoms with Crippen LogP contribution in [0.3, 0.4) is 0 Å². The number of carbonyl (C=O) groups is 5. The molecule has 2 fully saturated rings. The second-order valence-electron chi connectivity index (χ2n) is 20.0. The van der Waals surface area contributed by atoms with Crippen LogP contribution in [0.1, 0.15) is 92.0 Å². The van der Waals surface area contributed by atoms with E-state index in [1.54, 1.807) is 33.9 Å². The lowest BCUT2D eigenvalue weighted by Gasteiger charge is -2.39. The van der Waals surface area contributed by atoms with Crippen LogP contribution in [0, 0.1) is 18.9 Å². The van der Waals surface area contributed by atoms with Gasteiger partial charge in [0.15, 0.2) is 11.5 Å². The van der Waals surface area contributed by atoms with E-state index in [2.05, 4.69) is 57.2 Å². The molecule has 16 nitrogen and oxygen atoms in total. The molecule has 4 heterocycles. The number of hydrogen-bond acceptors (Lipinski definition) is 11. The molecule has 2 aliphatic heterocycles. The summed E-state index contributed by atoms with van der Waals surface area (Å²) in [6.07, 6.45) is -0.0871. The van der Waals surface area contributed by atoms with Crippen LogP contribution >= 0.6 is 11.3 Å². The Bertz CT molecular complexity index is 2850. The monoisotopic (exact) mass is 970 g/mol. The number of amides is 4. The van der Waals surface area contributed by atoms with Gasteiger partial charge in [0.2, 0.25) is 23.6 Å². The van der Waals surface area contributed by atoms with Gasteiger partial charge in [0, 0.05) is 79.0 Å². The number of likely N-dealkylation sites (tertiary alicyclic amines) is 1. The molecule has 3 aliphatic rings. The number of anilines is 1. The molecule has 1 aliphatic carbocycles. The lowest BCUT2D eigenvalue weighted by atomic mass is 9.70. The molecule has 0 radical (unpaired) electrons. The number of aliphatic hydroxyl groups excluding tert-OH is 1. The number of aromatic amines is 1. The van der Waals surface area contributed by atoms with Gasteiger partial charge in [-0.15, -0.1) is 11.3 Å². The lowest BCUT2D eigenvalue weighted by molar-refractivity contribution is -0.144. The van der Waals surface area contributed by atoms with E-state index in [1.807, 2.05) is 64.1 Å². The van der Waals surface area contributed by atoms with Crippen molar-refractivity contribution in [2.45, 2.75) is 91.5 Å². The maximum Gasteiger partial charge on any atom is 0.248 e. The van der Waals surface area contributed by atoms with Crippen LogP contribution in [0.5, 0.6) is 0 Å². The third-order valence-corrected chi connectivity index (χ3v) is 14.8. The van der Waals surface area contributed by atoms with Gasteiger partial charge in [-0.3, -0.25) is 24.0 Å². The highest BCUT2D eigenvalue weighted by Crippen LogP contribution is 2.46. The minimum absolute atomic E-state index is 0.0211. The van der Waals surface area contributed by atoms with Crippen molar-refractivity contribution in [2.24, 2.45) is 5.41 Å². The van der Waals surface area contributed by atoms with Crippen molar-refractivity contribution >= 4 is 63.0 Å². The zero-order valence-electron chi connectivity index (χ0n) is 40.9. The summed E-state index contributed by atoms with van der Waals surface area (Å²) in [5, 5.41) is 17.1. The minimum atomic E-state index is -1.01. The van der Waals surface area contributed by atoms with Crippen molar-refractivity contribution in [1.29, 1.82) is 0 Å². The number of fused-ring (bicyclic) bond motifs is 4. The predicted molar refractivity (Wildman–Crippen MR) is 268 cm³/mol. The fraction of sp³-hybridized carbons (Fsp3) is 0.453. The number of ether oxygens (including phenoxy) is 2. The number of aromatic nitrogens is 2. The van der Waals surface area contributed by atoms with E-state index < -0.39 is 40.8 Å². The summed E-state index contributed by atoms with van der Waals surface area (Å²) in [6.45, 7) is 23.2. The molecule has 17 heteroatoms. The number of carbonyl (C=O) groups excluding carboxylic acids is 5. The summed E-state index contributed by atoms with van der Waals surface area (Å²) in [4.78, 5) is 85.8. The molecule has 0 unspecified atom stereocenters. The van der Waals surface area contributed by atoms with Gasteiger partial charge < -0.3 is 44.9 Å². The van der Waals surface area contributed by atoms with E-state index >= 15 is 0 Å². The fourth-order valence-corrected chi connectivity index (χ4v) is 10.7. The molecular formula is C53H62N8O8S. The van der Waals surface area contributed by atoms with E-state index in [9.17, 15) is 29.1 Å². The molecule has 3 atom stereocenters. The molecule has 0 saturated carbocycles. The lowest BCUT2D eigenvalue weighted by Crippen LogP contribution is -2.58. The van der Waals surface area contributed by atoms with Crippen LogP contribution in [0.15, 0.2) is 60.1 Å². The molecule has 4 amide bonds. The Morgan fingerprint density at radius 3 is 2.39 bits per heavy atom. The fourth-order valence-electron chi connectivity index (χ4n) is 9.86. The number of thiazole rings is 1. The highest BCUT2D eigenvalue weighted by atomic mass is 32.1. The number of rotatable bonds is 15. The Kier molecular flexibility index (Phi) is 14.6. The highest BCUT2D eigenvalue weighted by molar-refractivity contribution is 7.13. The number of benzene rings is 3. The normalized spacial score (nSPS) is 18.0. The number of aliphatic hydroxyl groups is 1. The summed E-state index contributed by atoms with van der Waals surface area (Å²) in [6, 6.07) is 15.5. The van der Waals surface area contributed by atoms with Gasteiger partial charge >= 0.3 is 0 Å². The van der Waals surface area contributed by atoms with Crippen LogP contribution in [0.2, 0.25) is 0 Å². The summed E-state index contributed by atoms with van der Waals surface area (Å²) >= 11 is 1.57. The summed E-state index contributed by atoms with van der Waals surface area (Å²) < 4.78 is 11.2. The Morgan fingerprint density at radius 2 is 1.73 bits per heavy atom. The van der Waals surface area contributed by atoms with Crippen molar-refractivity contribution in [2.75, 3.05) is 64.1 Å². The van der Waals surface area contributed by atoms with E-state index in [0.29, 0.717) is 43.0 Å². The Balaban J connectivity index is 0.780. The molecule has 368 valence electrons. The summed E-state index contributed by atoms with van der Waals surface area (Å²) in [5.74, 6) is -1.56. The van der Waals surface area contributed by atoms with E-state index in [4.69, 9.17) is 16.0 Å². The zero-order valence-corrected chi connectivity index (χ0v) is 41.8. The topological polar surface area (TPSA) is 191 Å². The van der Waals surface area contributed by atoms with Crippen LogP contribution in [0.25, 0.3) is 26.2 Å². The van der Waals surface area contributed by atoms with Crippen LogP contribution in [-0.2, 0) is 47.0 Å². The van der Waals surface area contributed by atoms with Crippen molar-refractivity contribution in [1.82, 2.24) is 30.4 Å². The van der Waals surface area contributed by atoms with Crippen molar-refractivity contribution in [3.05, 3.63) is 111 Å². The van der Waals surface area contributed by atoms with Crippen molar-refractivity contribution < 1.29 is 38.6 Å². The van der Waals surface area contributed by atoms with Crippen LogP contribution in [-0.4, -0.2) is 132 Å². The highest BCUT2D eigenvalue weighted by Gasteiger charge is 2.45. The Labute approximate surface area is 412 Å². The second kappa shape index (κ2) is 20.5. The first-order valence-corrected chi connectivity index (χ1v) is 24.8. The summed E-state index contributed by atoms with van der Waals surface area (Å²) in [7, 11) is 0. The molecule has 70 heavy (non-hydrogen) atoms. The van der Waals surface area contributed by atoms with Crippen LogP contribution < -0.4 is 15.5 Å². The Hall–Kier alpha value is -6.45. The molecule has 5 aromatic rings. The number of ketones is 1. The number of hydrogen-bond donors (Lipinski definition) is 4. The molecule has 8 rings (SSSR count). The predicted octanol–water partition coefficient (Wildman–Crippen LogP) is 6.07. The smallest absolute Gasteiger partial charge is 0.248 e. The first-order valence-electron chi connectivity index (χ1n) is 23.9. The first-order chi connectivity index (χ1) is 33.4. The molecule has 2 saturated heterocycles. The van der Waals surface area contributed by atoms with E-state index in [-0.39, 0.29) is 63.5 Å². The average Bonchev–Trinajstić information content (AvgIpc) is 4.08. The maximum atomic E-state index is 14.1. The number of aryl methyl sites for hydroxylation is 2. The third-order valence-electron chi connectivity index (χ3n) is 13.8. The standard InChI is InChI=1S/C53H62N8O8S/c1-9-33-22-38-39(53(6,7)48-45(46(38)65)37-15-14-35(54-8)23-40(37)57-48)25-41(33)59-16-18-60(19-17-59)44(64)29-69-21-20-68-28-43(63)58-49(52(3,4)5)51(67)61-27-36(62)24-42(61)50(66)55-26-32-10-12-34(13-11-32)47-31(2)56-30-70-47/h10-15,22-23,25,30,36,42,49,57,62H,9,16-21,24,26-29H2,1-7H3,(H,55,66)(H,58,63)/t36-,42+,49-/m1/s1. The molecule has 4 N–H and O–H groups in total. The Morgan fingerprint density at radius 1 is 1.01 bits per heavy atom. The average molecular weight is 971 g/mol. The van der Waals surface area contributed by atoms with Gasteiger partial charge in [-0.1, -0.05) is 77.9 Å². The van der Waals surface area contributed by atoms with Gasteiger partial charge in [-0.25, -0.2) is 9.83 Å². The SMILES string of the molecule is [C-]#[N+]c1ccc2c3c([nH]c2c1)C(C)(C)c1cc(N2CCN(C(=O)COCCOCC(=O)N[C@H](C(=O)N4C[C@H](O)C[C@H]4C(=O)NCc4ccc(-c5scnc5C)cc4)C(C)(C)C)CC2)c(CC)cc1C3=O. The van der Waals surface area contributed by atoms with Crippen LogP contribution in [0.4, 0.5) is 11.4 Å². The molecule has 0 spiro atoms. The van der Waals surface area contributed by atoms with Gasteiger partial charge in [0.1, 0.15) is 25.3 Å². The minimum Gasteiger partial charge on any atom is -0.391 e. The van der Waals surface area contributed by atoms with Gasteiger partial charge in [0.25, 0.3) is 0 Å². The van der Waals surface area contributed by atoms with Gasteiger partial charge in [0.05, 0.1) is 47.5 Å². The summed E-state index contributed by atoms with van der Waals surface area (Å²) in [5.41, 5.74) is 10.0. The van der Waals surface area contributed by atoms with Gasteiger partial charge in [-0.05, 0) is 59.2 Å². The molecule has 0 bridgehead atoms. The second-order valence-corrected chi connectivity index (χ2v) is 20.8. The largest absolute Gasteiger partial charge is 0.391 e. The van der Waals surface area contributed by atoms with E-state index in [0.717, 1.165) is 61.5 Å². The molecule has 3 aromatic carbocycles. The van der Waals surface area contributed by atoms with Gasteiger partial charge in [-0.2, -0.15) is 0 Å².